The van der Waals surface area contributed by atoms with Gasteiger partial charge in [0.2, 0.25) is 11.8 Å². The lowest BCUT2D eigenvalue weighted by Crippen LogP contribution is -2.49. The molecular formula is C27H31FN2O2. The fourth-order valence-electron chi connectivity index (χ4n) is 3.97. The Labute approximate surface area is 189 Å². The first-order valence-electron chi connectivity index (χ1n) is 11.3. The number of hydrogen-bond donors (Lipinski definition) is 1. The van der Waals surface area contributed by atoms with Crippen molar-refractivity contribution in [2.75, 3.05) is 6.54 Å². The Balaban J connectivity index is 1.81. The lowest BCUT2D eigenvalue weighted by Gasteiger charge is -2.31. The van der Waals surface area contributed by atoms with Crippen molar-refractivity contribution in [1.29, 1.82) is 0 Å². The fraction of sp³-hybridized carbons (Fsp3) is 0.333. The van der Waals surface area contributed by atoms with Crippen LogP contribution < -0.4 is 5.32 Å². The number of hydrogen-bond acceptors (Lipinski definition) is 2. The molecule has 0 aromatic heterocycles. The summed E-state index contributed by atoms with van der Waals surface area (Å²) >= 11 is 0. The van der Waals surface area contributed by atoms with E-state index in [1.54, 1.807) is 17.0 Å². The first kappa shape index (κ1) is 23.5. The van der Waals surface area contributed by atoms with Gasteiger partial charge in [0.05, 0.1) is 0 Å². The Hall–Kier alpha value is -3.21. The lowest BCUT2D eigenvalue weighted by atomic mass is 10.00. The fourth-order valence-corrected chi connectivity index (χ4v) is 3.97. The van der Waals surface area contributed by atoms with Crippen LogP contribution in [0.25, 0.3) is 10.8 Å². The Morgan fingerprint density at radius 1 is 0.969 bits per heavy atom. The van der Waals surface area contributed by atoms with Crippen LogP contribution >= 0.6 is 0 Å². The molecule has 2 amide bonds. The maximum absolute atomic E-state index is 13.4. The smallest absolute Gasteiger partial charge is 0.242 e. The monoisotopic (exact) mass is 434 g/mol. The van der Waals surface area contributed by atoms with Gasteiger partial charge in [0.25, 0.3) is 0 Å². The second-order valence-electron chi connectivity index (χ2n) is 8.00. The summed E-state index contributed by atoms with van der Waals surface area (Å²) in [6, 6.07) is 19.8. The highest BCUT2D eigenvalue weighted by Crippen LogP contribution is 2.21. The van der Waals surface area contributed by atoms with Gasteiger partial charge in [-0.3, -0.25) is 9.59 Å². The van der Waals surface area contributed by atoms with E-state index in [9.17, 15) is 14.0 Å². The minimum absolute atomic E-state index is 0.0826. The lowest BCUT2D eigenvalue weighted by molar-refractivity contribution is -0.141. The Kier molecular flexibility index (Phi) is 8.37. The van der Waals surface area contributed by atoms with E-state index in [1.165, 1.54) is 12.1 Å². The van der Waals surface area contributed by atoms with E-state index in [4.69, 9.17) is 0 Å². The highest BCUT2D eigenvalue weighted by atomic mass is 19.1. The first-order valence-corrected chi connectivity index (χ1v) is 11.3. The van der Waals surface area contributed by atoms with Gasteiger partial charge in [-0.15, -0.1) is 0 Å². The van der Waals surface area contributed by atoms with E-state index in [-0.39, 0.29) is 24.2 Å². The van der Waals surface area contributed by atoms with Crippen LogP contribution in [0.15, 0.2) is 66.7 Å². The molecule has 0 aliphatic carbocycles. The standard InChI is InChI=1S/C27H31FN2O2/c1-3-18-29-27(32)25(4-2)30(19-20-12-15-23(28)16-13-20)26(31)17-14-22-10-7-9-21-8-5-6-11-24(21)22/h5-13,15-16,25H,3-4,14,17-19H2,1-2H3,(H,29,32)/t25-/m1/s1. The average Bonchev–Trinajstić information content (AvgIpc) is 2.82. The summed E-state index contributed by atoms with van der Waals surface area (Å²) in [6.07, 6.45) is 2.23. The SMILES string of the molecule is CCCNC(=O)[C@@H](CC)N(Cc1ccc(F)cc1)C(=O)CCc1cccc2ccccc12. The Bertz CT molecular complexity index is 1040. The van der Waals surface area contributed by atoms with Gasteiger partial charge in [-0.2, -0.15) is 0 Å². The molecule has 4 nitrogen and oxygen atoms in total. The average molecular weight is 435 g/mol. The molecule has 0 unspecified atom stereocenters. The van der Waals surface area contributed by atoms with Gasteiger partial charge in [-0.25, -0.2) is 4.39 Å². The van der Waals surface area contributed by atoms with Gasteiger partial charge in [0.15, 0.2) is 0 Å². The van der Waals surface area contributed by atoms with E-state index in [0.29, 0.717) is 25.8 Å². The van der Waals surface area contributed by atoms with E-state index < -0.39 is 6.04 Å². The van der Waals surface area contributed by atoms with Crippen molar-refractivity contribution in [3.8, 4) is 0 Å². The highest BCUT2D eigenvalue weighted by Gasteiger charge is 2.28. The van der Waals surface area contributed by atoms with Crippen LogP contribution in [-0.4, -0.2) is 29.3 Å². The number of carbonyl (C=O) groups is 2. The molecule has 0 saturated heterocycles. The molecule has 0 radical (unpaired) electrons. The van der Waals surface area contributed by atoms with Gasteiger partial charge >= 0.3 is 0 Å². The number of benzene rings is 3. The predicted molar refractivity (Wildman–Crippen MR) is 127 cm³/mol. The summed E-state index contributed by atoms with van der Waals surface area (Å²) < 4.78 is 13.4. The van der Waals surface area contributed by atoms with Crippen LogP contribution in [0.4, 0.5) is 4.39 Å². The van der Waals surface area contributed by atoms with Crippen LogP contribution in [0.5, 0.6) is 0 Å². The number of rotatable bonds is 10. The molecule has 0 bridgehead atoms. The number of amides is 2. The zero-order valence-electron chi connectivity index (χ0n) is 18.8. The first-order chi connectivity index (χ1) is 15.5. The molecule has 3 aromatic rings. The number of nitrogens with one attached hydrogen (secondary N) is 1. The van der Waals surface area contributed by atoms with Crippen molar-refractivity contribution in [3.63, 3.8) is 0 Å². The third kappa shape index (κ3) is 5.94. The maximum atomic E-state index is 13.4. The van der Waals surface area contributed by atoms with Crippen LogP contribution in [-0.2, 0) is 22.6 Å². The van der Waals surface area contributed by atoms with E-state index in [1.807, 2.05) is 38.1 Å². The zero-order chi connectivity index (χ0) is 22.9. The number of aryl methyl sites for hydroxylation is 1. The molecule has 5 heteroatoms. The molecule has 0 heterocycles. The molecule has 3 rings (SSSR count). The zero-order valence-corrected chi connectivity index (χ0v) is 18.8. The van der Waals surface area contributed by atoms with Gasteiger partial charge < -0.3 is 10.2 Å². The second kappa shape index (κ2) is 11.4. The highest BCUT2D eigenvalue weighted by molar-refractivity contribution is 5.89. The van der Waals surface area contributed by atoms with Gasteiger partial charge in [-0.1, -0.05) is 68.4 Å². The third-order valence-corrected chi connectivity index (χ3v) is 5.69. The van der Waals surface area contributed by atoms with E-state index >= 15 is 0 Å². The molecule has 0 fully saturated rings. The summed E-state index contributed by atoms with van der Waals surface area (Å²) in [5, 5.41) is 5.20. The summed E-state index contributed by atoms with van der Waals surface area (Å²) in [7, 11) is 0. The number of halogens is 1. The molecule has 1 atom stereocenters. The van der Waals surface area contributed by atoms with Crippen LogP contribution in [0.3, 0.4) is 0 Å². The minimum Gasteiger partial charge on any atom is -0.354 e. The third-order valence-electron chi connectivity index (χ3n) is 5.69. The normalized spacial score (nSPS) is 11.8. The molecule has 0 spiro atoms. The molecule has 3 aromatic carbocycles. The van der Waals surface area contributed by atoms with E-state index in [0.717, 1.165) is 28.3 Å². The van der Waals surface area contributed by atoms with Gasteiger partial charge in [0.1, 0.15) is 11.9 Å². The van der Waals surface area contributed by atoms with Crippen molar-refractivity contribution in [2.24, 2.45) is 0 Å². The molecule has 0 saturated carbocycles. The number of fused-ring (bicyclic) bond motifs is 1. The van der Waals surface area contributed by atoms with Crippen molar-refractivity contribution < 1.29 is 14.0 Å². The van der Waals surface area contributed by atoms with Crippen molar-refractivity contribution in [1.82, 2.24) is 10.2 Å². The Morgan fingerprint density at radius 2 is 1.69 bits per heavy atom. The van der Waals surface area contributed by atoms with Crippen molar-refractivity contribution in [3.05, 3.63) is 83.7 Å². The summed E-state index contributed by atoms with van der Waals surface area (Å²) in [5.74, 6) is -0.550. The second-order valence-corrected chi connectivity index (χ2v) is 8.00. The molecule has 0 aliphatic heterocycles. The molecule has 1 N–H and O–H groups in total. The van der Waals surface area contributed by atoms with Crippen molar-refractivity contribution >= 4 is 22.6 Å². The quantitative estimate of drug-likeness (QED) is 0.474. The van der Waals surface area contributed by atoms with Gasteiger partial charge in [-0.05, 0) is 53.3 Å². The van der Waals surface area contributed by atoms with Crippen LogP contribution in [0.2, 0.25) is 0 Å². The molecule has 32 heavy (non-hydrogen) atoms. The minimum atomic E-state index is -0.563. The predicted octanol–water partition coefficient (Wildman–Crippen LogP) is 5.25. The number of nitrogens with zero attached hydrogens (tertiary/aromatic N) is 1. The maximum Gasteiger partial charge on any atom is 0.242 e. The number of carbonyl (C=O) groups excluding carboxylic acids is 2. The van der Waals surface area contributed by atoms with Crippen LogP contribution in [0, 0.1) is 5.82 Å². The summed E-state index contributed by atoms with van der Waals surface area (Å²) in [4.78, 5) is 27.8. The topological polar surface area (TPSA) is 49.4 Å². The summed E-state index contributed by atoms with van der Waals surface area (Å²) in [5.41, 5.74) is 1.91. The largest absolute Gasteiger partial charge is 0.354 e. The van der Waals surface area contributed by atoms with Gasteiger partial charge in [0, 0.05) is 19.5 Å². The summed E-state index contributed by atoms with van der Waals surface area (Å²) in [6.45, 7) is 4.75. The molecule has 0 aliphatic rings. The molecular weight excluding hydrogens is 403 g/mol. The molecule has 168 valence electrons. The van der Waals surface area contributed by atoms with Crippen LogP contribution in [0.1, 0.15) is 44.2 Å². The van der Waals surface area contributed by atoms with E-state index in [2.05, 4.69) is 23.5 Å². The van der Waals surface area contributed by atoms with Crippen molar-refractivity contribution in [2.45, 2.75) is 52.1 Å². The Morgan fingerprint density at radius 3 is 2.41 bits per heavy atom.